The van der Waals surface area contributed by atoms with Gasteiger partial charge >= 0.3 is 0 Å². The van der Waals surface area contributed by atoms with Crippen LogP contribution in [0.15, 0.2) is 27.8 Å². The number of halogens is 1. The molecule has 1 unspecified atom stereocenters. The molecule has 128 valence electrons. The number of hydrogen-bond donors (Lipinski definition) is 2. The number of guanidine groups is 1. The van der Waals surface area contributed by atoms with Gasteiger partial charge in [0.15, 0.2) is 5.96 Å². The second-order valence-electron chi connectivity index (χ2n) is 5.96. The number of likely N-dealkylation sites (N-methyl/N-ethyl adjacent to an activating group) is 1. The Hall–Kier alpha value is -0.760. The van der Waals surface area contributed by atoms with Crippen LogP contribution in [-0.2, 0) is 6.42 Å². The maximum atomic E-state index is 5.32. The van der Waals surface area contributed by atoms with Gasteiger partial charge in [0, 0.05) is 32.6 Å². The Bertz CT molecular complexity index is 404. The van der Waals surface area contributed by atoms with Gasteiger partial charge in [0.2, 0.25) is 0 Å². The van der Waals surface area contributed by atoms with E-state index in [9.17, 15) is 0 Å². The molecule has 0 aliphatic rings. The van der Waals surface area contributed by atoms with Gasteiger partial charge in [0.25, 0.3) is 0 Å². The zero-order valence-corrected chi connectivity index (χ0v) is 16.8. The number of nitrogens with zero attached hydrogens (tertiary/aromatic N) is 2. The lowest BCUT2D eigenvalue weighted by Gasteiger charge is -2.27. The summed E-state index contributed by atoms with van der Waals surface area (Å²) < 4.78 is 5.32. The van der Waals surface area contributed by atoms with Crippen molar-refractivity contribution in [1.82, 2.24) is 15.5 Å². The minimum absolute atomic E-state index is 0. The molecule has 0 fully saturated rings. The first-order chi connectivity index (χ1) is 10.0. The van der Waals surface area contributed by atoms with Gasteiger partial charge in [0.05, 0.1) is 6.26 Å². The second-order valence-corrected chi connectivity index (χ2v) is 5.96. The van der Waals surface area contributed by atoms with Gasteiger partial charge in [0.1, 0.15) is 5.76 Å². The fraction of sp³-hybridized carbons (Fsp3) is 0.688. The largest absolute Gasteiger partial charge is 0.469 e. The van der Waals surface area contributed by atoms with Gasteiger partial charge in [-0.1, -0.05) is 13.8 Å². The van der Waals surface area contributed by atoms with E-state index in [1.807, 2.05) is 12.1 Å². The molecule has 2 N–H and O–H groups in total. The molecule has 0 amide bonds. The Morgan fingerprint density at radius 3 is 2.55 bits per heavy atom. The normalized spacial score (nSPS) is 13.1. The SMILES string of the molecule is CN=C(NCCc1ccco1)NCC(CC(C)C)N(C)C.I. The highest BCUT2D eigenvalue weighted by atomic mass is 127. The van der Waals surface area contributed by atoms with Crippen LogP contribution in [0.5, 0.6) is 0 Å². The summed E-state index contributed by atoms with van der Waals surface area (Å²) in [5.74, 6) is 2.52. The van der Waals surface area contributed by atoms with Crippen molar-refractivity contribution in [2.75, 3.05) is 34.2 Å². The molecule has 6 heteroatoms. The fourth-order valence-corrected chi connectivity index (χ4v) is 2.21. The summed E-state index contributed by atoms with van der Waals surface area (Å²) in [6.45, 7) is 6.22. The summed E-state index contributed by atoms with van der Waals surface area (Å²) in [5.41, 5.74) is 0. The Morgan fingerprint density at radius 1 is 1.32 bits per heavy atom. The van der Waals surface area contributed by atoms with Gasteiger partial charge in [-0.3, -0.25) is 4.99 Å². The van der Waals surface area contributed by atoms with E-state index in [1.54, 1.807) is 13.3 Å². The molecule has 0 radical (unpaired) electrons. The van der Waals surface area contributed by atoms with Crippen molar-refractivity contribution in [3.05, 3.63) is 24.2 Å². The molecular formula is C16H31IN4O. The van der Waals surface area contributed by atoms with E-state index in [0.717, 1.165) is 31.2 Å². The van der Waals surface area contributed by atoms with Crippen molar-refractivity contribution < 1.29 is 4.42 Å². The predicted molar refractivity (Wildman–Crippen MR) is 104 cm³/mol. The average molecular weight is 422 g/mol. The Kier molecular flexibility index (Phi) is 11.4. The summed E-state index contributed by atoms with van der Waals surface area (Å²) in [6.07, 6.45) is 3.73. The zero-order valence-electron chi connectivity index (χ0n) is 14.4. The van der Waals surface area contributed by atoms with Crippen LogP contribution in [0.1, 0.15) is 26.0 Å². The average Bonchev–Trinajstić information content (AvgIpc) is 2.93. The molecule has 1 aromatic heterocycles. The third-order valence-electron chi connectivity index (χ3n) is 3.45. The Morgan fingerprint density at radius 2 is 2.05 bits per heavy atom. The number of nitrogens with one attached hydrogen (secondary N) is 2. The highest BCUT2D eigenvalue weighted by Crippen LogP contribution is 2.08. The van der Waals surface area contributed by atoms with Crippen molar-refractivity contribution in [3.8, 4) is 0 Å². The molecule has 0 aliphatic heterocycles. The van der Waals surface area contributed by atoms with Crippen LogP contribution >= 0.6 is 24.0 Å². The van der Waals surface area contributed by atoms with Crippen molar-refractivity contribution in [2.24, 2.45) is 10.9 Å². The van der Waals surface area contributed by atoms with E-state index < -0.39 is 0 Å². The van der Waals surface area contributed by atoms with Gasteiger partial charge in [-0.05, 0) is 38.6 Å². The minimum atomic E-state index is 0. The summed E-state index contributed by atoms with van der Waals surface area (Å²) in [6, 6.07) is 4.41. The molecule has 0 saturated heterocycles. The van der Waals surface area contributed by atoms with Crippen LogP contribution < -0.4 is 10.6 Å². The van der Waals surface area contributed by atoms with Crippen molar-refractivity contribution in [2.45, 2.75) is 32.7 Å². The highest BCUT2D eigenvalue weighted by molar-refractivity contribution is 14.0. The van der Waals surface area contributed by atoms with E-state index in [4.69, 9.17) is 4.42 Å². The van der Waals surface area contributed by atoms with Gasteiger partial charge in [-0.25, -0.2) is 0 Å². The highest BCUT2D eigenvalue weighted by Gasteiger charge is 2.13. The number of furan rings is 1. The second kappa shape index (κ2) is 11.8. The smallest absolute Gasteiger partial charge is 0.191 e. The van der Waals surface area contributed by atoms with Gasteiger partial charge < -0.3 is 20.0 Å². The van der Waals surface area contributed by atoms with Gasteiger partial charge in [-0.2, -0.15) is 0 Å². The van der Waals surface area contributed by atoms with Crippen molar-refractivity contribution in [3.63, 3.8) is 0 Å². The van der Waals surface area contributed by atoms with Crippen LogP contribution in [0.2, 0.25) is 0 Å². The molecular weight excluding hydrogens is 391 g/mol. The minimum Gasteiger partial charge on any atom is -0.469 e. The van der Waals surface area contributed by atoms with E-state index in [1.165, 1.54) is 6.42 Å². The van der Waals surface area contributed by atoms with E-state index >= 15 is 0 Å². The third kappa shape index (κ3) is 8.63. The molecule has 0 aromatic carbocycles. The lowest BCUT2D eigenvalue weighted by Crippen LogP contribution is -2.45. The number of rotatable bonds is 8. The first-order valence-corrected chi connectivity index (χ1v) is 7.66. The van der Waals surface area contributed by atoms with Crippen LogP contribution in [-0.4, -0.2) is 51.1 Å². The topological polar surface area (TPSA) is 52.8 Å². The molecule has 1 aromatic rings. The molecule has 0 bridgehead atoms. The van der Waals surface area contributed by atoms with Crippen LogP contribution in [0.4, 0.5) is 0 Å². The van der Waals surface area contributed by atoms with Crippen molar-refractivity contribution in [1.29, 1.82) is 0 Å². The quantitative estimate of drug-likeness (QED) is 0.384. The van der Waals surface area contributed by atoms with E-state index in [-0.39, 0.29) is 24.0 Å². The Balaban J connectivity index is 0.00000441. The van der Waals surface area contributed by atoms with E-state index in [0.29, 0.717) is 12.0 Å². The molecule has 1 rings (SSSR count). The standard InChI is InChI=1S/C16H30N4O.HI/c1-13(2)11-14(20(4)5)12-19-16(17-3)18-9-8-15-7-6-10-21-15;/h6-7,10,13-14H,8-9,11-12H2,1-5H3,(H2,17,18,19);1H. The van der Waals surface area contributed by atoms with Crippen LogP contribution in [0, 0.1) is 5.92 Å². The first-order valence-electron chi connectivity index (χ1n) is 7.66. The molecule has 0 aliphatic carbocycles. The molecule has 0 spiro atoms. The maximum absolute atomic E-state index is 5.32. The molecule has 5 nitrogen and oxygen atoms in total. The van der Waals surface area contributed by atoms with Crippen molar-refractivity contribution >= 4 is 29.9 Å². The number of aliphatic imine (C=N–C) groups is 1. The summed E-state index contributed by atoms with van der Waals surface area (Å²) in [4.78, 5) is 6.53. The number of hydrogen-bond acceptors (Lipinski definition) is 3. The van der Waals surface area contributed by atoms with Crippen LogP contribution in [0.3, 0.4) is 0 Å². The third-order valence-corrected chi connectivity index (χ3v) is 3.45. The summed E-state index contributed by atoms with van der Waals surface area (Å²) in [5, 5.41) is 6.72. The molecule has 1 atom stereocenters. The van der Waals surface area contributed by atoms with Crippen LogP contribution in [0.25, 0.3) is 0 Å². The zero-order chi connectivity index (χ0) is 15.7. The molecule has 22 heavy (non-hydrogen) atoms. The molecule has 1 heterocycles. The fourth-order valence-electron chi connectivity index (χ4n) is 2.21. The lowest BCUT2D eigenvalue weighted by atomic mass is 10.0. The molecule has 0 saturated carbocycles. The maximum Gasteiger partial charge on any atom is 0.191 e. The summed E-state index contributed by atoms with van der Waals surface area (Å²) in [7, 11) is 6.05. The van der Waals surface area contributed by atoms with Gasteiger partial charge in [-0.15, -0.1) is 24.0 Å². The lowest BCUT2D eigenvalue weighted by molar-refractivity contribution is 0.254. The van der Waals surface area contributed by atoms with E-state index in [2.05, 4.69) is 48.5 Å². The monoisotopic (exact) mass is 422 g/mol. The first kappa shape index (κ1) is 21.2. The summed E-state index contributed by atoms with van der Waals surface area (Å²) >= 11 is 0. The Labute approximate surface area is 152 Å². The predicted octanol–water partition coefficient (Wildman–Crippen LogP) is 2.58.